The molecular weight excluding hydrogens is 435 g/mol. The van der Waals surface area contributed by atoms with E-state index >= 15 is 0 Å². The van der Waals surface area contributed by atoms with Crippen LogP contribution in [0.1, 0.15) is 18.7 Å². The number of nitrogens with zero attached hydrogens (tertiary/aromatic N) is 7. The van der Waals surface area contributed by atoms with Gasteiger partial charge in [-0.15, -0.1) is 0 Å². The molecule has 1 saturated heterocycles. The molecule has 32 heavy (non-hydrogen) atoms. The zero-order chi connectivity index (χ0) is 22.5. The largest absolute Gasteiger partial charge is 0.451 e. The minimum absolute atomic E-state index is 0.113. The highest BCUT2D eigenvalue weighted by molar-refractivity contribution is 5.71. The Morgan fingerprint density at radius 2 is 1.81 bits per heavy atom. The molecule has 2 fully saturated rings. The third-order valence-corrected chi connectivity index (χ3v) is 5.98. The quantitative estimate of drug-likeness (QED) is 0.593. The van der Waals surface area contributed by atoms with Crippen molar-refractivity contribution in [2.45, 2.75) is 38.0 Å². The molecule has 13 heteroatoms. The number of alkyl halides is 5. The van der Waals surface area contributed by atoms with Crippen molar-refractivity contribution in [3.63, 3.8) is 0 Å². The molecule has 2 unspecified atom stereocenters. The van der Waals surface area contributed by atoms with Crippen LogP contribution >= 0.6 is 0 Å². The topological polar surface area (TPSA) is 84.7 Å². The fourth-order valence-electron chi connectivity index (χ4n) is 4.66. The lowest BCUT2D eigenvalue weighted by molar-refractivity contribution is -0.144. The minimum Gasteiger partial charge on any atom is -0.366 e. The minimum atomic E-state index is -4.58. The zero-order valence-corrected chi connectivity index (χ0v) is 16.7. The third-order valence-electron chi connectivity index (χ3n) is 5.98. The molecule has 8 nitrogen and oxygen atoms in total. The lowest BCUT2D eigenvalue weighted by Gasteiger charge is -2.21. The Morgan fingerprint density at radius 1 is 1.06 bits per heavy atom. The van der Waals surface area contributed by atoms with E-state index in [2.05, 4.69) is 30.4 Å². The van der Waals surface area contributed by atoms with Crippen molar-refractivity contribution in [1.82, 2.24) is 29.7 Å². The maximum absolute atomic E-state index is 12.9. The van der Waals surface area contributed by atoms with E-state index in [1.165, 1.54) is 12.3 Å². The summed E-state index contributed by atoms with van der Waals surface area (Å²) in [4.78, 5) is 17.5. The molecule has 0 spiro atoms. The second-order valence-electron chi connectivity index (χ2n) is 8.16. The van der Waals surface area contributed by atoms with Gasteiger partial charge in [0, 0.05) is 25.3 Å². The first kappa shape index (κ1) is 20.8. The van der Waals surface area contributed by atoms with Crippen LogP contribution in [0, 0.1) is 11.8 Å². The van der Waals surface area contributed by atoms with Gasteiger partial charge in [0.1, 0.15) is 23.7 Å². The smallest absolute Gasteiger partial charge is 0.366 e. The van der Waals surface area contributed by atoms with Gasteiger partial charge >= 0.3 is 6.18 Å². The Bertz CT molecular complexity index is 1100. The predicted molar refractivity (Wildman–Crippen MR) is 104 cm³/mol. The number of hydrogen-bond donors (Lipinski definition) is 1. The van der Waals surface area contributed by atoms with Crippen LogP contribution in [0.2, 0.25) is 0 Å². The van der Waals surface area contributed by atoms with Crippen LogP contribution in [-0.2, 0) is 12.7 Å². The number of rotatable bonds is 5. The lowest BCUT2D eigenvalue weighted by atomic mass is 10.0. The monoisotopic (exact) mass is 454 g/mol. The number of nitrogens with one attached hydrogen (secondary N) is 1. The average molecular weight is 454 g/mol. The fourth-order valence-corrected chi connectivity index (χ4v) is 4.66. The van der Waals surface area contributed by atoms with Crippen LogP contribution in [0.25, 0.3) is 11.2 Å². The van der Waals surface area contributed by atoms with E-state index in [1.54, 1.807) is 6.20 Å². The van der Waals surface area contributed by atoms with Crippen molar-refractivity contribution in [2.75, 3.05) is 23.3 Å². The lowest BCUT2D eigenvalue weighted by Crippen LogP contribution is -2.26. The molecule has 0 bridgehead atoms. The van der Waals surface area contributed by atoms with E-state index in [0.717, 1.165) is 23.7 Å². The van der Waals surface area contributed by atoms with Gasteiger partial charge in [0.25, 0.3) is 6.43 Å². The number of fused-ring (bicyclic) bond motifs is 2. The van der Waals surface area contributed by atoms with Gasteiger partial charge in [0.15, 0.2) is 5.65 Å². The second kappa shape index (κ2) is 7.78. The Labute approximate surface area is 178 Å². The Kier molecular flexibility index (Phi) is 5.05. The molecule has 0 radical (unpaired) electrons. The second-order valence-corrected chi connectivity index (χ2v) is 8.16. The van der Waals surface area contributed by atoms with Gasteiger partial charge in [0.05, 0.1) is 12.4 Å². The van der Waals surface area contributed by atoms with Crippen LogP contribution in [-0.4, -0.2) is 55.3 Å². The van der Waals surface area contributed by atoms with E-state index in [-0.39, 0.29) is 11.9 Å². The first-order valence-corrected chi connectivity index (χ1v) is 10.1. The maximum atomic E-state index is 12.9. The third kappa shape index (κ3) is 4.02. The predicted octanol–water partition coefficient (Wildman–Crippen LogP) is 3.23. The molecule has 0 amide bonds. The molecule has 2 atom stereocenters. The summed E-state index contributed by atoms with van der Waals surface area (Å²) in [5.41, 5.74) is 0.738. The molecule has 1 N–H and O–H groups in total. The molecule has 5 rings (SSSR count). The van der Waals surface area contributed by atoms with Gasteiger partial charge in [-0.3, -0.25) is 0 Å². The van der Waals surface area contributed by atoms with E-state index in [4.69, 9.17) is 0 Å². The van der Waals surface area contributed by atoms with Crippen molar-refractivity contribution >= 4 is 22.8 Å². The van der Waals surface area contributed by atoms with E-state index in [0.29, 0.717) is 41.9 Å². The van der Waals surface area contributed by atoms with Crippen molar-refractivity contribution in [3.05, 3.63) is 30.5 Å². The first-order chi connectivity index (χ1) is 15.3. The van der Waals surface area contributed by atoms with E-state index < -0.39 is 25.0 Å². The zero-order valence-electron chi connectivity index (χ0n) is 16.7. The molecule has 170 valence electrons. The molecule has 3 aromatic rings. The van der Waals surface area contributed by atoms with Gasteiger partial charge in [-0.1, -0.05) is 0 Å². The summed E-state index contributed by atoms with van der Waals surface area (Å²) in [6.45, 7) is 0.677. The van der Waals surface area contributed by atoms with Gasteiger partial charge in [0.2, 0.25) is 5.82 Å². The highest BCUT2D eigenvalue weighted by Gasteiger charge is 2.42. The summed E-state index contributed by atoms with van der Waals surface area (Å²) < 4.78 is 65.3. The Morgan fingerprint density at radius 3 is 2.50 bits per heavy atom. The molecule has 1 aliphatic heterocycles. The van der Waals surface area contributed by atoms with Crippen LogP contribution < -0.4 is 10.2 Å². The number of anilines is 2. The average Bonchev–Trinajstić information content (AvgIpc) is 3.41. The van der Waals surface area contributed by atoms with Crippen molar-refractivity contribution < 1.29 is 22.0 Å². The highest BCUT2D eigenvalue weighted by atomic mass is 19.4. The summed E-state index contributed by atoms with van der Waals surface area (Å²) in [5, 5.41) is 7.23. The summed E-state index contributed by atoms with van der Waals surface area (Å²) in [7, 11) is 0. The van der Waals surface area contributed by atoms with Crippen LogP contribution in [0.15, 0.2) is 24.7 Å². The van der Waals surface area contributed by atoms with E-state index in [9.17, 15) is 22.0 Å². The molecule has 1 aliphatic carbocycles. The van der Waals surface area contributed by atoms with Gasteiger partial charge < -0.3 is 10.2 Å². The van der Waals surface area contributed by atoms with Gasteiger partial charge in [-0.05, 0) is 30.7 Å². The number of hydrogen-bond acceptors (Lipinski definition) is 7. The normalized spacial score (nSPS) is 23.3. The standard InChI is InChI=1S/C19H19F5N8/c20-14(21)9-32-17-13(5-27-32)26-6-15(29-17)28-12-3-10-7-31(8-11(10)4-12)16-1-2-25-18(30-16)19(22,23)24/h1-2,5-6,10-12,14H,3-4,7-9H2,(H,28,29). The summed E-state index contributed by atoms with van der Waals surface area (Å²) in [6.07, 6.45) is -1.40. The van der Waals surface area contributed by atoms with Gasteiger partial charge in [-0.2, -0.15) is 18.3 Å². The number of halogens is 5. The van der Waals surface area contributed by atoms with Crippen LogP contribution in [0.5, 0.6) is 0 Å². The van der Waals surface area contributed by atoms with Gasteiger partial charge in [-0.25, -0.2) is 33.4 Å². The van der Waals surface area contributed by atoms with E-state index in [1.807, 2.05) is 4.90 Å². The molecule has 2 aliphatic rings. The molecule has 0 aromatic carbocycles. The number of aromatic nitrogens is 6. The highest BCUT2D eigenvalue weighted by Crippen LogP contribution is 2.40. The van der Waals surface area contributed by atoms with Crippen LogP contribution in [0.4, 0.5) is 33.6 Å². The molecular formula is C19H19F5N8. The summed E-state index contributed by atoms with van der Waals surface area (Å²) in [5.74, 6) is 0.248. The molecule has 4 heterocycles. The Hall–Kier alpha value is -3.12. The maximum Gasteiger partial charge on any atom is 0.451 e. The molecule has 3 aromatic heterocycles. The van der Waals surface area contributed by atoms with Crippen molar-refractivity contribution in [3.8, 4) is 0 Å². The first-order valence-electron chi connectivity index (χ1n) is 10.1. The van der Waals surface area contributed by atoms with Crippen molar-refractivity contribution in [1.29, 1.82) is 0 Å². The van der Waals surface area contributed by atoms with Crippen LogP contribution in [0.3, 0.4) is 0 Å². The fraction of sp³-hybridized carbons (Fsp3) is 0.526. The SMILES string of the molecule is FC(F)Cn1ncc2ncc(NC3CC4CN(c5ccnc(C(F)(F)F)n5)CC4C3)nc21. The molecule has 1 saturated carbocycles. The Balaban J connectivity index is 1.23. The summed E-state index contributed by atoms with van der Waals surface area (Å²) in [6, 6.07) is 1.61. The van der Waals surface area contributed by atoms with Crippen molar-refractivity contribution in [2.24, 2.45) is 11.8 Å². The summed E-state index contributed by atoms with van der Waals surface area (Å²) >= 11 is 0.